The number of carbonyl (C=O) groups excluding carboxylic acids is 6. The maximum atomic E-state index is 14.1. The standard InChI is InChI=1S/C66H72N6O9/c1-64(2,3)79-61(76)70-55(34-43-22-13-10-14-23-43)58(73)67-52-31-19-28-46(40-52)49-37-50(47-29-20-32-53(41-47)68-59(74)56(35-44-24-15-11-16-25-44)71-62(77)80-65(4,5)6)39-51(38-49)48-30-21-33-54(42-48)69-60(75)57(36-45-26-17-12-18-27-45)72-63(78)81-66(7,8)9/h10-33,37-42,55-57H,34-36H2,1-9H3,(H,67,73)(H,68,74)(H,69,75)(H,70,76)(H,71,77)(H,72,78)/t55-,56-,57-/m0/s1. The topological polar surface area (TPSA) is 202 Å². The molecule has 3 atom stereocenters. The minimum absolute atomic E-state index is 0.206. The number of amides is 6. The first-order valence-electron chi connectivity index (χ1n) is 26.9. The van der Waals surface area contributed by atoms with Gasteiger partial charge in [0.2, 0.25) is 17.7 Å². The zero-order chi connectivity index (χ0) is 58.3. The van der Waals surface area contributed by atoms with Crippen LogP contribution in [-0.2, 0) is 47.9 Å². The molecule has 7 aromatic carbocycles. The van der Waals surface area contributed by atoms with Crippen LogP contribution in [0.25, 0.3) is 33.4 Å². The number of benzene rings is 7. The predicted octanol–water partition coefficient (Wildman–Crippen LogP) is 12.9. The first kappa shape index (κ1) is 59.4. The van der Waals surface area contributed by atoms with Gasteiger partial charge in [-0.05, 0) is 167 Å². The molecule has 0 fully saturated rings. The lowest BCUT2D eigenvalue weighted by Crippen LogP contribution is -2.47. The molecule has 0 aromatic heterocycles. The van der Waals surface area contributed by atoms with E-state index in [1.807, 2.05) is 164 Å². The zero-order valence-electron chi connectivity index (χ0n) is 47.3. The number of anilines is 3. The van der Waals surface area contributed by atoms with E-state index >= 15 is 0 Å². The molecular formula is C66H72N6O9. The third-order valence-electron chi connectivity index (χ3n) is 12.2. The van der Waals surface area contributed by atoms with Gasteiger partial charge < -0.3 is 46.1 Å². The van der Waals surface area contributed by atoms with Crippen LogP contribution in [0.3, 0.4) is 0 Å². The molecule has 15 nitrogen and oxygen atoms in total. The first-order valence-corrected chi connectivity index (χ1v) is 26.9. The molecule has 0 unspecified atom stereocenters. The first-order chi connectivity index (χ1) is 38.4. The Morgan fingerprint density at radius 1 is 0.321 bits per heavy atom. The summed E-state index contributed by atoms with van der Waals surface area (Å²) in [6, 6.07) is 53.3. The van der Waals surface area contributed by atoms with Gasteiger partial charge in [0.25, 0.3) is 0 Å². The number of ether oxygens (including phenoxy) is 3. The van der Waals surface area contributed by atoms with Gasteiger partial charge in [0, 0.05) is 36.3 Å². The van der Waals surface area contributed by atoms with Crippen LogP contribution < -0.4 is 31.9 Å². The Labute approximate surface area is 474 Å². The molecule has 6 amide bonds. The second-order valence-electron chi connectivity index (χ2n) is 22.7. The third-order valence-corrected chi connectivity index (χ3v) is 12.2. The van der Waals surface area contributed by atoms with Crippen molar-refractivity contribution < 1.29 is 43.0 Å². The minimum atomic E-state index is -0.982. The van der Waals surface area contributed by atoms with E-state index in [4.69, 9.17) is 14.2 Å². The van der Waals surface area contributed by atoms with Crippen molar-refractivity contribution in [3.05, 3.63) is 199 Å². The fourth-order valence-electron chi connectivity index (χ4n) is 8.67. The normalized spacial score (nSPS) is 12.6. The molecule has 0 saturated carbocycles. The minimum Gasteiger partial charge on any atom is -0.444 e. The van der Waals surface area contributed by atoms with E-state index in [1.165, 1.54) is 0 Å². The summed E-state index contributed by atoms with van der Waals surface area (Å²) in [4.78, 5) is 81.6. The highest BCUT2D eigenvalue weighted by molar-refractivity contribution is 5.99. The van der Waals surface area contributed by atoms with Crippen molar-refractivity contribution in [2.75, 3.05) is 16.0 Å². The van der Waals surface area contributed by atoms with Gasteiger partial charge in [0.15, 0.2) is 0 Å². The summed E-state index contributed by atoms with van der Waals surface area (Å²) in [5, 5.41) is 17.4. The van der Waals surface area contributed by atoms with E-state index in [0.29, 0.717) is 17.1 Å². The van der Waals surface area contributed by atoms with E-state index in [0.717, 1.165) is 50.1 Å². The Kier molecular flexibility index (Phi) is 19.5. The molecule has 0 heterocycles. The van der Waals surface area contributed by atoms with Crippen LogP contribution in [0.4, 0.5) is 31.4 Å². The van der Waals surface area contributed by atoms with Gasteiger partial charge in [0.1, 0.15) is 34.9 Å². The summed E-state index contributed by atoms with van der Waals surface area (Å²) >= 11 is 0. The molecule has 7 aromatic rings. The average molecular weight is 1090 g/mol. The molecule has 0 spiro atoms. The second kappa shape index (κ2) is 26.6. The second-order valence-corrected chi connectivity index (χ2v) is 22.7. The summed E-state index contributed by atoms with van der Waals surface area (Å²) in [7, 11) is 0. The number of nitrogens with one attached hydrogen (secondary N) is 6. The van der Waals surface area contributed by atoms with Crippen LogP contribution in [0.15, 0.2) is 182 Å². The van der Waals surface area contributed by atoms with E-state index < -0.39 is 70.9 Å². The fraction of sp³-hybridized carbons (Fsp3) is 0.273. The SMILES string of the molecule is CC(C)(C)OC(=O)N[C@@H](Cc1ccccc1)C(=O)Nc1cccc(-c2cc(-c3cccc(NC(=O)[C@H](Cc4ccccc4)NC(=O)OC(C)(C)C)c3)cc(-c3cccc(NC(=O)[C@H](Cc4ccccc4)NC(=O)OC(C)(C)C)c3)c2)c1. The van der Waals surface area contributed by atoms with Gasteiger partial charge in [-0.1, -0.05) is 127 Å². The van der Waals surface area contributed by atoms with Crippen molar-refractivity contribution in [2.24, 2.45) is 0 Å². The molecular weight excluding hydrogens is 1020 g/mol. The predicted molar refractivity (Wildman–Crippen MR) is 319 cm³/mol. The smallest absolute Gasteiger partial charge is 0.408 e. The molecule has 0 radical (unpaired) electrons. The highest BCUT2D eigenvalue weighted by Gasteiger charge is 2.28. The Bertz CT molecular complexity index is 2950. The molecule has 15 heteroatoms. The van der Waals surface area contributed by atoms with Crippen LogP contribution >= 0.6 is 0 Å². The van der Waals surface area contributed by atoms with Crippen molar-refractivity contribution >= 4 is 53.1 Å². The monoisotopic (exact) mass is 1090 g/mol. The molecule has 0 aliphatic carbocycles. The number of rotatable bonds is 18. The molecule has 0 aliphatic rings. The Hall–Kier alpha value is -9.24. The van der Waals surface area contributed by atoms with Gasteiger partial charge in [-0.2, -0.15) is 0 Å². The summed E-state index contributed by atoms with van der Waals surface area (Å²) in [6.45, 7) is 15.8. The largest absolute Gasteiger partial charge is 0.444 e. The van der Waals surface area contributed by atoms with Crippen molar-refractivity contribution in [2.45, 2.75) is 117 Å². The van der Waals surface area contributed by atoms with Gasteiger partial charge in [-0.3, -0.25) is 14.4 Å². The Morgan fingerprint density at radius 3 is 0.802 bits per heavy atom. The lowest BCUT2D eigenvalue weighted by atomic mass is 9.92. The number of hydrogen-bond donors (Lipinski definition) is 6. The molecule has 0 saturated heterocycles. The lowest BCUT2D eigenvalue weighted by molar-refractivity contribution is -0.118. The summed E-state index contributed by atoms with van der Waals surface area (Å²) in [5.74, 6) is -1.35. The van der Waals surface area contributed by atoms with E-state index in [1.54, 1.807) is 80.5 Å². The molecule has 0 bridgehead atoms. The zero-order valence-corrected chi connectivity index (χ0v) is 47.3. The van der Waals surface area contributed by atoms with Crippen molar-refractivity contribution in [1.82, 2.24) is 16.0 Å². The highest BCUT2D eigenvalue weighted by atomic mass is 16.6. The van der Waals surface area contributed by atoms with Gasteiger partial charge >= 0.3 is 18.3 Å². The molecule has 6 N–H and O–H groups in total. The lowest BCUT2D eigenvalue weighted by Gasteiger charge is -2.23. The van der Waals surface area contributed by atoms with Gasteiger partial charge in [-0.15, -0.1) is 0 Å². The fourth-order valence-corrected chi connectivity index (χ4v) is 8.67. The molecule has 420 valence electrons. The van der Waals surface area contributed by atoms with Crippen LogP contribution in [0.5, 0.6) is 0 Å². The third kappa shape index (κ3) is 19.3. The van der Waals surface area contributed by atoms with Crippen LogP contribution in [0.2, 0.25) is 0 Å². The Morgan fingerprint density at radius 2 is 0.568 bits per heavy atom. The van der Waals surface area contributed by atoms with Crippen molar-refractivity contribution in [1.29, 1.82) is 0 Å². The Balaban J connectivity index is 1.24. The maximum absolute atomic E-state index is 14.1. The van der Waals surface area contributed by atoms with Crippen molar-refractivity contribution in [3.63, 3.8) is 0 Å². The summed E-state index contributed by atoms with van der Waals surface area (Å²) < 4.78 is 16.6. The molecule has 81 heavy (non-hydrogen) atoms. The molecule has 0 aliphatic heterocycles. The number of alkyl carbamates (subject to hydrolysis) is 3. The summed E-state index contributed by atoms with van der Waals surface area (Å²) in [6.07, 6.45) is -1.55. The molecule has 7 rings (SSSR count). The quantitative estimate of drug-likeness (QED) is 0.0452. The number of hydrogen-bond acceptors (Lipinski definition) is 9. The van der Waals surface area contributed by atoms with Crippen molar-refractivity contribution in [3.8, 4) is 33.4 Å². The van der Waals surface area contributed by atoms with Crippen LogP contribution in [0.1, 0.15) is 79.0 Å². The van der Waals surface area contributed by atoms with Crippen LogP contribution in [0, 0.1) is 0 Å². The summed E-state index contributed by atoms with van der Waals surface area (Å²) in [5.41, 5.74) is 6.03. The van der Waals surface area contributed by atoms with E-state index in [9.17, 15) is 28.8 Å². The van der Waals surface area contributed by atoms with E-state index in [-0.39, 0.29) is 19.3 Å². The average Bonchev–Trinajstić information content (AvgIpc) is 3.40. The van der Waals surface area contributed by atoms with Gasteiger partial charge in [0.05, 0.1) is 0 Å². The highest BCUT2D eigenvalue weighted by Crippen LogP contribution is 2.36. The van der Waals surface area contributed by atoms with E-state index in [2.05, 4.69) is 31.9 Å². The maximum Gasteiger partial charge on any atom is 0.408 e. The number of carbonyl (C=O) groups is 6. The van der Waals surface area contributed by atoms with Crippen LogP contribution in [-0.4, -0.2) is 70.9 Å². The van der Waals surface area contributed by atoms with Gasteiger partial charge in [-0.25, -0.2) is 14.4 Å².